The van der Waals surface area contributed by atoms with Gasteiger partial charge in [-0.05, 0) is 65.4 Å². The molecule has 1 fully saturated rings. The molecule has 0 unspecified atom stereocenters. The van der Waals surface area contributed by atoms with Crippen LogP contribution >= 0.6 is 0 Å². The average molecular weight is 481 g/mol. The van der Waals surface area contributed by atoms with E-state index in [4.69, 9.17) is 5.73 Å². The Morgan fingerprint density at radius 1 is 1.23 bits per heavy atom. The molecular weight excluding hydrogens is 451 g/mol. The van der Waals surface area contributed by atoms with Crippen molar-refractivity contribution >= 4 is 17.6 Å². The summed E-state index contributed by atoms with van der Waals surface area (Å²) in [5.41, 5.74) is 8.47. The van der Waals surface area contributed by atoms with Crippen molar-refractivity contribution in [3.05, 3.63) is 59.9 Å². The molecule has 4 N–H and O–H groups in total. The second kappa shape index (κ2) is 11.0. The number of rotatable bonds is 7. The molecule has 2 aromatic carbocycles. The van der Waals surface area contributed by atoms with Crippen LogP contribution in [-0.2, 0) is 18.3 Å². The van der Waals surface area contributed by atoms with Gasteiger partial charge in [0.05, 0.1) is 0 Å². The summed E-state index contributed by atoms with van der Waals surface area (Å²) in [4.78, 5) is 27.0. The number of piperidine rings is 1. The lowest BCUT2D eigenvalue weighted by molar-refractivity contribution is -0.134. The van der Waals surface area contributed by atoms with Crippen LogP contribution in [0.15, 0.2) is 48.5 Å². The number of carbonyl (C=O) groups is 2. The molecule has 0 aliphatic carbocycles. The first-order valence-electron chi connectivity index (χ1n) is 11.6. The van der Waals surface area contributed by atoms with Gasteiger partial charge in [-0.2, -0.15) is 0 Å². The zero-order valence-electron chi connectivity index (χ0n) is 19.5. The van der Waals surface area contributed by atoms with E-state index in [0.29, 0.717) is 24.6 Å². The van der Waals surface area contributed by atoms with E-state index in [-0.39, 0.29) is 24.2 Å². The van der Waals surface area contributed by atoms with E-state index in [1.165, 1.54) is 16.8 Å². The van der Waals surface area contributed by atoms with Crippen LogP contribution in [0.3, 0.4) is 0 Å². The number of urea groups is 1. The van der Waals surface area contributed by atoms with Crippen LogP contribution < -0.4 is 16.4 Å². The Labute approximate surface area is 202 Å². The molecule has 1 aromatic heterocycles. The standard InChI is InChI=1S/C24H29FN8O2/c1-32-22(29-30-31-32)18-5-2-6-20(13-18)28-24(35)27-14-21(26)23(34)33-11-3-4-17(15-33)12-16-7-9-19(25)10-8-16/h2,5-10,13,17,21H,3-4,11-12,14-15,26H2,1H3,(H2,27,28,35)/t17-,21+/m0/s1. The number of nitrogens with two attached hydrogens (primary N) is 1. The second-order valence-electron chi connectivity index (χ2n) is 8.77. The van der Waals surface area contributed by atoms with E-state index in [9.17, 15) is 14.0 Å². The van der Waals surface area contributed by atoms with Gasteiger partial charge in [0, 0.05) is 37.9 Å². The lowest BCUT2D eigenvalue weighted by atomic mass is 9.91. The Morgan fingerprint density at radius 3 is 2.77 bits per heavy atom. The monoisotopic (exact) mass is 480 g/mol. The smallest absolute Gasteiger partial charge is 0.319 e. The molecule has 2 atom stereocenters. The molecule has 11 heteroatoms. The zero-order chi connectivity index (χ0) is 24.8. The Bertz CT molecular complexity index is 1170. The van der Waals surface area contributed by atoms with E-state index in [2.05, 4.69) is 26.2 Å². The molecule has 3 amide bonds. The number of hydrogen-bond donors (Lipinski definition) is 3. The van der Waals surface area contributed by atoms with Crippen molar-refractivity contribution in [2.45, 2.75) is 25.3 Å². The number of nitrogens with one attached hydrogen (secondary N) is 2. The average Bonchev–Trinajstić information content (AvgIpc) is 3.29. The van der Waals surface area contributed by atoms with Crippen LogP contribution in [0.25, 0.3) is 11.4 Å². The van der Waals surface area contributed by atoms with E-state index >= 15 is 0 Å². The van der Waals surface area contributed by atoms with Crippen molar-refractivity contribution < 1.29 is 14.0 Å². The predicted molar refractivity (Wildman–Crippen MR) is 129 cm³/mol. The third-order valence-corrected chi connectivity index (χ3v) is 6.07. The predicted octanol–water partition coefficient (Wildman–Crippen LogP) is 1.95. The molecular formula is C24H29FN8O2. The van der Waals surface area contributed by atoms with Crippen LogP contribution in [0.5, 0.6) is 0 Å². The summed E-state index contributed by atoms with van der Waals surface area (Å²) < 4.78 is 14.7. The van der Waals surface area contributed by atoms with Gasteiger partial charge >= 0.3 is 6.03 Å². The van der Waals surface area contributed by atoms with Crippen LogP contribution in [0.1, 0.15) is 18.4 Å². The van der Waals surface area contributed by atoms with Gasteiger partial charge in [-0.1, -0.05) is 24.3 Å². The maximum absolute atomic E-state index is 13.2. The van der Waals surface area contributed by atoms with E-state index in [0.717, 1.165) is 30.4 Å². The highest BCUT2D eigenvalue weighted by Gasteiger charge is 2.27. The Hall–Kier alpha value is -3.86. The molecule has 0 bridgehead atoms. The molecule has 35 heavy (non-hydrogen) atoms. The van der Waals surface area contributed by atoms with Gasteiger partial charge in [-0.3, -0.25) is 4.79 Å². The van der Waals surface area contributed by atoms with Gasteiger partial charge in [0.25, 0.3) is 0 Å². The molecule has 10 nitrogen and oxygen atoms in total. The van der Waals surface area contributed by atoms with Crippen LogP contribution in [0.2, 0.25) is 0 Å². The van der Waals surface area contributed by atoms with Gasteiger partial charge < -0.3 is 21.3 Å². The van der Waals surface area contributed by atoms with Crippen molar-refractivity contribution in [2.24, 2.45) is 18.7 Å². The number of amides is 3. The summed E-state index contributed by atoms with van der Waals surface area (Å²) in [5, 5.41) is 16.8. The summed E-state index contributed by atoms with van der Waals surface area (Å²) in [6, 6.07) is 12.3. The number of carbonyl (C=O) groups excluding carboxylic acids is 2. The van der Waals surface area contributed by atoms with Gasteiger partial charge in [-0.15, -0.1) is 5.10 Å². The molecule has 0 radical (unpaired) electrons. The molecule has 2 heterocycles. The van der Waals surface area contributed by atoms with Crippen LogP contribution in [0, 0.1) is 11.7 Å². The van der Waals surface area contributed by atoms with Crippen molar-refractivity contribution in [1.29, 1.82) is 0 Å². The number of hydrogen-bond acceptors (Lipinski definition) is 6. The third-order valence-electron chi connectivity index (χ3n) is 6.07. The third kappa shape index (κ3) is 6.38. The fourth-order valence-electron chi connectivity index (χ4n) is 4.30. The number of nitrogens with zero attached hydrogens (tertiary/aromatic N) is 5. The first-order valence-corrected chi connectivity index (χ1v) is 11.6. The molecule has 184 valence electrons. The summed E-state index contributed by atoms with van der Waals surface area (Å²) in [6.45, 7) is 1.25. The van der Waals surface area contributed by atoms with Gasteiger partial charge in [0.2, 0.25) is 5.91 Å². The normalized spacial score (nSPS) is 16.5. The maximum atomic E-state index is 13.2. The number of benzene rings is 2. The number of aromatic nitrogens is 4. The molecule has 0 saturated carbocycles. The summed E-state index contributed by atoms with van der Waals surface area (Å²) in [7, 11) is 1.73. The van der Waals surface area contributed by atoms with Crippen molar-refractivity contribution in [3.8, 4) is 11.4 Å². The van der Waals surface area contributed by atoms with E-state index in [1.54, 1.807) is 42.3 Å². The maximum Gasteiger partial charge on any atom is 0.319 e. The SMILES string of the molecule is Cn1nnnc1-c1cccc(NC(=O)NC[C@@H](N)C(=O)N2CCC[C@@H](Cc3ccc(F)cc3)C2)c1. The lowest BCUT2D eigenvalue weighted by Crippen LogP contribution is -2.52. The zero-order valence-corrected chi connectivity index (χ0v) is 19.5. The topological polar surface area (TPSA) is 131 Å². The molecule has 1 aliphatic heterocycles. The van der Waals surface area contributed by atoms with E-state index < -0.39 is 12.1 Å². The molecule has 0 spiro atoms. The second-order valence-corrected chi connectivity index (χ2v) is 8.77. The van der Waals surface area contributed by atoms with Gasteiger partial charge in [0.15, 0.2) is 5.82 Å². The number of halogens is 1. The minimum Gasteiger partial charge on any atom is -0.341 e. The van der Waals surface area contributed by atoms with E-state index in [1.807, 2.05) is 6.07 Å². The molecule has 3 aromatic rings. The highest BCUT2D eigenvalue weighted by Crippen LogP contribution is 2.22. The fourth-order valence-corrected chi connectivity index (χ4v) is 4.30. The van der Waals surface area contributed by atoms with Crippen molar-refractivity contribution in [2.75, 3.05) is 25.0 Å². The Kier molecular flexibility index (Phi) is 7.66. The number of anilines is 1. The van der Waals surface area contributed by atoms with Gasteiger partial charge in [0.1, 0.15) is 11.9 Å². The first kappa shape index (κ1) is 24.3. The highest BCUT2D eigenvalue weighted by molar-refractivity contribution is 5.90. The minimum atomic E-state index is -0.846. The Morgan fingerprint density at radius 2 is 2.03 bits per heavy atom. The lowest BCUT2D eigenvalue weighted by Gasteiger charge is -2.34. The Balaban J connectivity index is 1.26. The van der Waals surface area contributed by atoms with Crippen LogP contribution in [0.4, 0.5) is 14.9 Å². The quantitative estimate of drug-likeness (QED) is 0.474. The molecule has 1 saturated heterocycles. The first-order chi connectivity index (χ1) is 16.9. The van der Waals surface area contributed by atoms with Crippen molar-refractivity contribution in [1.82, 2.24) is 30.4 Å². The molecule has 4 rings (SSSR count). The summed E-state index contributed by atoms with van der Waals surface area (Å²) in [5.74, 6) is 0.414. The van der Waals surface area contributed by atoms with Crippen molar-refractivity contribution in [3.63, 3.8) is 0 Å². The highest BCUT2D eigenvalue weighted by atomic mass is 19.1. The summed E-state index contributed by atoms with van der Waals surface area (Å²) >= 11 is 0. The van der Waals surface area contributed by atoms with Gasteiger partial charge in [-0.25, -0.2) is 13.9 Å². The number of likely N-dealkylation sites (tertiary alicyclic amines) is 1. The number of aryl methyl sites for hydroxylation is 1. The number of tetrazole rings is 1. The fraction of sp³-hybridized carbons (Fsp3) is 0.375. The minimum absolute atomic E-state index is 0.0106. The summed E-state index contributed by atoms with van der Waals surface area (Å²) in [6.07, 6.45) is 2.67. The molecule has 1 aliphatic rings. The van der Waals surface area contributed by atoms with Crippen LogP contribution in [-0.4, -0.2) is 62.7 Å². The largest absolute Gasteiger partial charge is 0.341 e.